The van der Waals surface area contributed by atoms with Crippen molar-refractivity contribution in [3.05, 3.63) is 22.8 Å². The van der Waals surface area contributed by atoms with Crippen molar-refractivity contribution in [1.29, 1.82) is 0 Å². The Kier molecular flexibility index (Phi) is 7.91. The number of aliphatic hydroxyl groups is 2. The van der Waals surface area contributed by atoms with Gasteiger partial charge < -0.3 is 24.4 Å². The van der Waals surface area contributed by atoms with Crippen molar-refractivity contribution in [3.8, 4) is 0 Å². The van der Waals surface area contributed by atoms with Gasteiger partial charge in [0.2, 0.25) is 0 Å². The fraction of sp³-hybridized carbons (Fsp3) is 0.808. The Balaban J connectivity index is 1.75. The van der Waals surface area contributed by atoms with E-state index in [0.29, 0.717) is 23.3 Å². The summed E-state index contributed by atoms with van der Waals surface area (Å²) in [5.74, 6) is 0.965. The number of esters is 1. The Morgan fingerprint density at radius 2 is 1.72 bits per heavy atom. The third-order valence-electron chi connectivity index (χ3n) is 8.05. The highest BCUT2D eigenvalue weighted by atomic mass is 16.7. The van der Waals surface area contributed by atoms with Crippen molar-refractivity contribution in [1.82, 2.24) is 0 Å². The Bertz CT molecular complexity index is 753. The van der Waals surface area contributed by atoms with Gasteiger partial charge in [0.05, 0.1) is 11.7 Å². The molecule has 0 aromatic heterocycles. The molecule has 182 valence electrons. The fourth-order valence-electron chi connectivity index (χ4n) is 5.47. The highest BCUT2D eigenvalue weighted by molar-refractivity contribution is 5.87. The van der Waals surface area contributed by atoms with Gasteiger partial charge in [-0.3, -0.25) is 0 Å². The van der Waals surface area contributed by atoms with E-state index >= 15 is 0 Å². The molecule has 0 spiro atoms. The summed E-state index contributed by atoms with van der Waals surface area (Å²) in [5, 5.41) is 21.5. The second-order valence-electron chi connectivity index (χ2n) is 10.6. The minimum atomic E-state index is -1.28. The average Bonchev–Trinajstić information content (AvgIpc) is 3.01. The van der Waals surface area contributed by atoms with Gasteiger partial charge in [0.25, 0.3) is 0 Å². The molecule has 0 aromatic carbocycles. The summed E-state index contributed by atoms with van der Waals surface area (Å²) in [7, 11) is 0. The second kappa shape index (κ2) is 9.96. The van der Waals surface area contributed by atoms with Gasteiger partial charge in [-0.25, -0.2) is 4.79 Å². The van der Waals surface area contributed by atoms with E-state index in [1.54, 1.807) is 38.0 Å². The molecule has 2 N–H and O–H groups in total. The van der Waals surface area contributed by atoms with Crippen LogP contribution in [-0.2, 0) is 19.0 Å². The molecule has 32 heavy (non-hydrogen) atoms. The second-order valence-corrected chi connectivity index (χ2v) is 10.6. The molecular formula is C26H42O6. The molecule has 6 heteroatoms. The molecular weight excluding hydrogens is 408 g/mol. The van der Waals surface area contributed by atoms with E-state index in [1.807, 2.05) is 0 Å². The minimum Gasteiger partial charge on any atom is -0.453 e. The van der Waals surface area contributed by atoms with E-state index < -0.39 is 42.3 Å². The highest BCUT2D eigenvalue weighted by Crippen LogP contribution is 2.47. The summed E-state index contributed by atoms with van der Waals surface area (Å²) in [5.41, 5.74) is 3.11. The normalized spacial score (nSPS) is 39.0. The molecule has 0 aromatic rings. The number of rotatable bonds is 5. The summed E-state index contributed by atoms with van der Waals surface area (Å²) < 4.78 is 17.7. The summed E-state index contributed by atoms with van der Waals surface area (Å²) in [6.45, 7) is 13.9. The first kappa shape index (κ1) is 25.4. The van der Waals surface area contributed by atoms with Crippen LogP contribution in [0.3, 0.4) is 0 Å². The molecule has 0 unspecified atom stereocenters. The van der Waals surface area contributed by atoms with Crippen LogP contribution in [-0.4, -0.2) is 52.5 Å². The topological polar surface area (TPSA) is 85.2 Å². The maximum absolute atomic E-state index is 12.3. The third-order valence-corrected chi connectivity index (χ3v) is 8.05. The maximum atomic E-state index is 12.3. The molecule has 1 fully saturated rings. The van der Waals surface area contributed by atoms with Gasteiger partial charge in [-0.2, -0.15) is 0 Å². The maximum Gasteiger partial charge on any atom is 0.333 e. The molecule has 8 atom stereocenters. The predicted molar refractivity (Wildman–Crippen MR) is 123 cm³/mol. The van der Waals surface area contributed by atoms with Crippen molar-refractivity contribution in [2.75, 3.05) is 0 Å². The monoisotopic (exact) mass is 450 g/mol. The first-order chi connectivity index (χ1) is 15.0. The lowest BCUT2D eigenvalue weighted by atomic mass is 9.81. The summed E-state index contributed by atoms with van der Waals surface area (Å²) in [6, 6.07) is 0. The minimum absolute atomic E-state index is 0.294. The highest BCUT2D eigenvalue weighted by Gasteiger charge is 2.49. The van der Waals surface area contributed by atoms with Crippen LogP contribution >= 0.6 is 0 Å². The van der Waals surface area contributed by atoms with Gasteiger partial charge in [-0.15, -0.1) is 0 Å². The molecule has 2 aliphatic carbocycles. The zero-order valence-corrected chi connectivity index (χ0v) is 20.8. The number of allylic oxidation sites excluding steroid dienone is 3. The van der Waals surface area contributed by atoms with Crippen LogP contribution in [0.5, 0.6) is 0 Å². The lowest BCUT2D eigenvalue weighted by molar-refractivity contribution is -0.323. The van der Waals surface area contributed by atoms with Crippen molar-refractivity contribution < 1.29 is 29.2 Å². The molecule has 1 aliphatic heterocycles. The van der Waals surface area contributed by atoms with Gasteiger partial charge in [-0.05, 0) is 84.5 Å². The first-order valence-electron chi connectivity index (χ1n) is 12.2. The van der Waals surface area contributed by atoms with Crippen LogP contribution in [0.4, 0.5) is 0 Å². The first-order valence-corrected chi connectivity index (χ1v) is 12.2. The van der Waals surface area contributed by atoms with E-state index in [-0.39, 0.29) is 0 Å². The summed E-state index contributed by atoms with van der Waals surface area (Å²) >= 11 is 0. The van der Waals surface area contributed by atoms with Crippen LogP contribution in [0.1, 0.15) is 80.6 Å². The molecule has 3 aliphatic rings. The molecule has 0 radical (unpaired) electrons. The lowest BCUT2D eigenvalue weighted by Crippen LogP contribution is -2.60. The van der Waals surface area contributed by atoms with Gasteiger partial charge in [0, 0.05) is 5.57 Å². The van der Waals surface area contributed by atoms with E-state index in [1.165, 1.54) is 12.8 Å². The predicted octanol–water partition coefficient (Wildman–Crippen LogP) is 4.29. The number of carbonyl (C=O) groups excluding carboxylic acids is 1. The van der Waals surface area contributed by atoms with Gasteiger partial charge in [0.15, 0.2) is 12.4 Å². The molecule has 0 saturated carbocycles. The number of hydrogen-bond donors (Lipinski definition) is 2. The van der Waals surface area contributed by atoms with Crippen molar-refractivity contribution in [3.63, 3.8) is 0 Å². The summed E-state index contributed by atoms with van der Waals surface area (Å²) in [6.07, 6.45) is 2.14. The lowest BCUT2D eigenvalue weighted by Gasteiger charge is -2.45. The van der Waals surface area contributed by atoms with E-state index in [4.69, 9.17) is 14.2 Å². The molecule has 1 saturated heterocycles. The van der Waals surface area contributed by atoms with Crippen molar-refractivity contribution >= 4 is 5.97 Å². The van der Waals surface area contributed by atoms with Crippen LogP contribution in [0.2, 0.25) is 0 Å². The largest absolute Gasteiger partial charge is 0.453 e. The molecule has 6 nitrogen and oxygen atoms in total. The third kappa shape index (κ3) is 5.14. The number of carbonyl (C=O) groups is 1. The number of aliphatic hydroxyl groups excluding tert-OH is 2. The average molecular weight is 451 g/mol. The zero-order chi connectivity index (χ0) is 23.8. The molecule has 3 rings (SSSR count). The standard InChI is InChI=1S/C26H42O6/c1-8-14(2)24(29)31-23-21(27)17(5)30-25(22(23)28)32-26(6,7)18-11-9-15(3)19-12-10-16(4)20(19)13-18/h8,15-18,21-23,25,27-28H,9-13H2,1-7H3/b14-8-/t15-,16-,17-,18+,21-,22-,23+,25+/m0/s1. The number of hydrogen-bond acceptors (Lipinski definition) is 6. The van der Waals surface area contributed by atoms with Crippen LogP contribution in [0.15, 0.2) is 22.8 Å². The van der Waals surface area contributed by atoms with Gasteiger partial charge in [0.1, 0.15) is 12.2 Å². The van der Waals surface area contributed by atoms with E-state index in [9.17, 15) is 15.0 Å². The summed E-state index contributed by atoms with van der Waals surface area (Å²) in [4.78, 5) is 12.3. The zero-order valence-electron chi connectivity index (χ0n) is 20.8. The fourth-order valence-corrected chi connectivity index (χ4v) is 5.47. The van der Waals surface area contributed by atoms with Crippen molar-refractivity contribution in [2.24, 2.45) is 17.8 Å². The van der Waals surface area contributed by atoms with Crippen LogP contribution < -0.4 is 0 Å². The van der Waals surface area contributed by atoms with Crippen LogP contribution in [0.25, 0.3) is 0 Å². The van der Waals surface area contributed by atoms with E-state index in [2.05, 4.69) is 27.7 Å². The van der Waals surface area contributed by atoms with Crippen LogP contribution in [0, 0.1) is 17.8 Å². The Morgan fingerprint density at radius 3 is 2.38 bits per heavy atom. The number of ether oxygens (including phenoxy) is 3. The van der Waals surface area contributed by atoms with Crippen molar-refractivity contribution in [2.45, 2.75) is 117 Å². The van der Waals surface area contributed by atoms with Gasteiger partial charge >= 0.3 is 5.97 Å². The Labute approximate surface area is 193 Å². The molecule has 1 heterocycles. The quantitative estimate of drug-likeness (QED) is 0.369. The SMILES string of the molecule is C/C=C(/C)C(=O)O[C@H]1[C@H](O)[C@@H](OC(C)(C)[C@@H]2CC[C@H](C)C3=C(C2)[C@@H](C)CC3)O[C@@H](C)[C@@H]1O. The Morgan fingerprint density at radius 1 is 1.06 bits per heavy atom. The molecule has 0 amide bonds. The van der Waals surface area contributed by atoms with Gasteiger partial charge in [-0.1, -0.05) is 31.1 Å². The smallest absolute Gasteiger partial charge is 0.333 e. The molecule has 0 bridgehead atoms. The van der Waals surface area contributed by atoms with E-state index in [0.717, 1.165) is 19.3 Å². The Hall–Kier alpha value is -1.21.